The van der Waals surface area contributed by atoms with Crippen LogP contribution in [0.4, 0.5) is 5.69 Å². The van der Waals surface area contributed by atoms with Gasteiger partial charge in [0, 0.05) is 6.07 Å². The fraction of sp³-hybridized carbons (Fsp3) is 0.0526. The summed E-state index contributed by atoms with van der Waals surface area (Å²) in [7, 11) is 0. The van der Waals surface area contributed by atoms with Gasteiger partial charge in [-0.15, -0.1) is 0 Å². The van der Waals surface area contributed by atoms with Gasteiger partial charge < -0.3 is 14.6 Å². The van der Waals surface area contributed by atoms with Gasteiger partial charge in [0.25, 0.3) is 11.8 Å². The first kappa shape index (κ1) is 18.9. The molecule has 0 aliphatic carbocycles. The highest BCUT2D eigenvalue weighted by atomic mass is 35.5. The monoisotopic (exact) mass is 430 g/mol. The van der Waals surface area contributed by atoms with Crippen molar-refractivity contribution in [2.45, 2.75) is 0 Å². The van der Waals surface area contributed by atoms with E-state index in [1.54, 1.807) is 6.07 Å². The standard InChI is InChI=1S/C19H11ClN2O6S/c20-13-7-15-14(27-8-28-15)6-10(13)5-12-16(23)21-19(29)22(17(12)24)11-3-1-2-9(4-11)18(25)26/h1-7H,8H2,(H,25,26)(H,21,23,29)/b12-5-. The molecule has 146 valence electrons. The number of halogens is 1. The summed E-state index contributed by atoms with van der Waals surface area (Å²) in [6, 6.07) is 8.74. The lowest BCUT2D eigenvalue weighted by Gasteiger charge is -2.29. The molecule has 2 aliphatic rings. The van der Waals surface area contributed by atoms with Gasteiger partial charge in [0.1, 0.15) is 5.57 Å². The van der Waals surface area contributed by atoms with Crippen LogP contribution in [0.15, 0.2) is 42.0 Å². The molecule has 0 bridgehead atoms. The van der Waals surface area contributed by atoms with Gasteiger partial charge >= 0.3 is 5.97 Å². The number of carboxylic acids is 1. The minimum absolute atomic E-state index is 0.0284. The number of fused-ring (bicyclic) bond motifs is 1. The number of thiocarbonyl (C=S) groups is 1. The Morgan fingerprint density at radius 3 is 2.66 bits per heavy atom. The van der Waals surface area contributed by atoms with Crippen molar-refractivity contribution in [2.24, 2.45) is 0 Å². The van der Waals surface area contributed by atoms with Gasteiger partial charge in [-0.1, -0.05) is 17.7 Å². The van der Waals surface area contributed by atoms with E-state index in [0.29, 0.717) is 17.1 Å². The predicted octanol–water partition coefficient (Wildman–Crippen LogP) is 2.60. The van der Waals surface area contributed by atoms with Crippen LogP contribution in [0.1, 0.15) is 15.9 Å². The van der Waals surface area contributed by atoms with E-state index in [-0.39, 0.29) is 33.8 Å². The minimum Gasteiger partial charge on any atom is -0.478 e. The Kier molecular flexibility index (Phi) is 4.69. The van der Waals surface area contributed by atoms with Crippen LogP contribution in [-0.4, -0.2) is 34.8 Å². The average molecular weight is 431 g/mol. The molecule has 2 amide bonds. The largest absolute Gasteiger partial charge is 0.478 e. The Bertz CT molecular complexity index is 1130. The number of ether oxygens (including phenoxy) is 2. The third-order valence-corrected chi connectivity index (χ3v) is 4.86. The van der Waals surface area contributed by atoms with E-state index in [4.69, 9.17) is 33.3 Å². The highest BCUT2D eigenvalue weighted by molar-refractivity contribution is 7.80. The van der Waals surface area contributed by atoms with Gasteiger partial charge in [-0.05, 0) is 48.1 Å². The van der Waals surface area contributed by atoms with E-state index < -0.39 is 17.8 Å². The zero-order valence-corrected chi connectivity index (χ0v) is 16.0. The molecule has 0 aromatic heterocycles. The van der Waals surface area contributed by atoms with Crippen molar-refractivity contribution >= 4 is 58.5 Å². The molecular weight excluding hydrogens is 420 g/mol. The zero-order valence-electron chi connectivity index (χ0n) is 14.5. The molecule has 2 aromatic carbocycles. The molecule has 0 saturated carbocycles. The van der Waals surface area contributed by atoms with Gasteiger partial charge in [-0.3, -0.25) is 19.8 Å². The van der Waals surface area contributed by atoms with Crippen LogP contribution in [0.5, 0.6) is 11.5 Å². The highest BCUT2D eigenvalue weighted by Gasteiger charge is 2.35. The van der Waals surface area contributed by atoms with Gasteiger partial charge in [0.2, 0.25) is 6.79 Å². The summed E-state index contributed by atoms with van der Waals surface area (Å²) >= 11 is 11.3. The second-order valence-corrected chi connectivity index (χ2v) is 6.83. The number of hydrogen-bond donors (Lipinski definition) is 2. The van der Waals surface area contributed by atoms with Crippen LogP contribution in [0.25, 0.3) is 6.08 Å². The van der Waals surface area contributed by atoms with Crippen LogP contribution < -0.4 is 19.7 Å². The lowest BCUT2D eigenvalue weighted by Crippen LogP contribution is -2.54. The predicted molar refractivity (Wildman–Crippen MR) is 107 cm³/mol. The molecule has 0 unspecified atom stereocenters. The molecule has 4 rings (SSSR count). The number of anilines is 1. The maximum atomic E-state index is 13.0. The van der Waals surface area contributed by atoms with Gasteiger partial charge in [-0.25, -0.2) is 4.79 Å². The summed E-state index contributed by atoms with van der Waals surface area (Å²) in [4.78, 5) is 37.7. The molecule has 0 atom stereocenters. The number of carboxylic acid groups (broad SMARTS) is 1. The van der Waals surface area contributed by atoms with Crippen molar-refractivity contribution in [3.8, 4) is 11.5 Å². The zero-order chi connectivity index (χ0) is 20.7. The Balaban J connectivity index is 1.75. The van der Waals surface area contributed by atoms with E-state index in [1.165, 1.54) is 36.4 Å². The summed E-state index contributed by atoms with van der Waals surface area (Å²) < 4.78 is 10.5. The number of rotatable bonds is 3. The van der Waals surface area contributed by atoms with Crippen LogP contribution in [-0.2, 0) is 9.59 Å². The van der Waals surface area contributed by atoms with E-state index >= 15 is 0 Å². The number of carbonyl (C=O) groups excluding carboxylic acids is 2. The third kappa shape index (κ3) is 3.41. The Morgan fingerprint density at radius 1 is 1.21 bits per heavy atom. The molecule has 29 heavy (non-hydrogen) atoms. The summed E-state index contributed by atoms with van der Waals surface area (Å²) in [5, 5.41) is 11.7. The normalized spacial score (nSPS) is 16.9. The lowest BCUT2D eigenvalue weighted by atomic mass is 10.1. The summed E-state index contributed by atoms with van der Waals surface area (Å²) in [6.07, 6.45) is 1.32. The van der Waals surface area contributed by atoms with Crippen molar-refractivity contribution < 1.29 is 29.0 Å². The maximum absolute atomic E-state index is 13.0. The van der Waals surface area contributed by atoms with E-state index in [9.17, 15) is 19.5 Å². The molecule has 2 aromatic rings. The minimum atomic E-state index is -1.16. The maximum Gasteiger partial charge on any atom is 0.335 e. The Morgan fingerprint density at radius 2 is 1.93 bits per heavy atom. The molecule has 1 fully saturated rings. The van der Waals surface area contributed by atoms with Gasteiger partial charge in [0.05, 0.1) is 16.3 Å². The molecule has 0 spiro atoms. The first-order chi connectivity index (χ1) is 13.8. The van der Waals surface area contributed by atoms with Crippen LogP contribution >= 0.6 is 23.8 Å². The Hall–Kier alpha value is -3.43. The summed E-state index contributed by atoms with van der Waals surface area (Å²) in [5.41, 5.74) is 0.337. The number of aromatic carboxylic acids is 1. The van der Waals surface area contributed by atoms with E-state index in [2.05, 4.69) is 5.32 Å². The third-order valence-electron chi connectivity index (χ3n) is 4.24. The molecule has 8 nitrogen and oxygen atoms in total. The lowest BCUT2D eigenvalue weighted by molar-refractivity contribution is -0.122. The topological polar surface area (TPSA) is 105 Å². The van der Waals surface area contributed by atoms with Crippen LogP contribution in [0.2, 0.25) is 5.02 Å². The average Bonchev–Trinajstić information content (AvgIpc) is 3.12. The van der Waals surface area contributed by atoms with Crippen LogP contribution in [0.3, 0.4) is 0 Å². The van der Waals surface area contributed by atoms with Crippen molar-refractivity contribution in [1.82, 2.24) is 5.32 Å². The number of carbonyl (C=O) groups is 3. The summed E-state index contributed by atoms with van der Waals surface area (Å²) in [6.45, 7) is 0.0487. The smallest absolute Gasteiger partial charge is 0.335 e. The quantitative estimate of drug-likeness (QED) is 0.438. The molecule has 1 saturated heterocycles. The SMILES string of the molecule is O=C1NC(=S)N(c2cccc(C(=O)O)c2)C(=O)/C1=C\c1cc2c(cc1Cl)OCO2. The first-order valence-electron chi connectivity index (χ1n) is 8.19. The first-order valence-corrected chi connectivity index (χ1v) is 8.98. The molecule has 10 heteroatoms. The molecule has 2 N–H and O–H groups in total. The molecule has 2 aliphatic heterocycles. The second kappa shape index (κ2) is 7.19. The number of benzene rings is 2. The van der Waals surface area contributed by atoms with Crippen molar-refractivity contribution in [2.75, 3.05) is 11.7 Å². The van der Waals surface area contributed by atoms with E-state index in [0.717, 1.165) is 4.90 Å². The molecule has 0 radical (unpaired) electrons. The van der Waals surface area contributed by atoms with E-state index in [1.807, 2.05) is 0 Å². The number of hydrogen-bond acceptors (Lipinski definition) is 6. The number of nitrogens with one attached hydrogen (secondary N) is 1. The Labute approximate surface area is 174 Å². The van der Waals surface area contributed by atoms with Crippen molar-refractivity contribution in [3.05, 3.63) is 58.1 Å². The van der Waals surface area contributed by atoms with Crippen molar-refractivity contribution in [1.29, 1.82) is 0 Å². The van der Waals surface area contributed by atoms with Gasteiger partial charge in [-0.2, -0.15) is 0 Å². The van der Waals surface area contributed by atoms with Crippen molar-refractivity contribution in [3.63, 3.8) is 0 Å². The molecular formula is C19H11ClN2O6S. The van der Waals surface area contributed by atoms with Crippen LogP contribution in [0, 0.1) is 0 Å². The molecule has 2 heterocycles. The fourth-order valence-electron chi connectivity index (χ4n) is 2.87. The fourth-order valence-corrected chi connectivity index (χ4v) is 3.36. The number of nitrogens with zero attached hydrogens (tertiary/aromatic N) is 1. The van der Waals surface area contributed by atoms with Gasteiger partial charge in [0.15, 0.2) is 16.6 Å². The number of amides is 2. The highest BCUT2D eigenvalue weighted by Crippen LogP contribution is 2.38. The second-order valence-electron chi connectivity index (χ2n) is 6.04. The summed E-state index contributed by atoms with van der Waals surface area (Å²) in [5.74, 6) is -1.67.